The van der Waals surface area contributed by atoms with E-state index in [2.05, 4.69) is 15.6 Å². The standard InChI is InChI=1S/C24H28N6O4/c1-16(31)21-13-17-12-18(7-8-20(17)34-21)27-24(26-15-25)28-19-6-2-3-11-30(23(19)33)14-22(32)29-9-4-5-10-29/h7-8,12-13,19H,2-6,9-11,14H2,1H3,(H2,26,27,28). The first-order valence-electron chi connectivity index (χ1n) is 11.6. The first kappa shape index (κ1) is 23.3. The van der Waals surface area contributed by atoms with Crippen LogP contribution >= 0.6 is 0 Å². The number of nitriles is 1. The van der Waals surface area contributed by atoms with Crippen molar-refractivity contribution < 1.29 is 18.8 Å². The van der Waals surface area contributed by atoms with Crippen molar-refractivity contribution in [2.45, 2.75) is 45.1 Å². The zero-order valence-electron chi connectivity index (χ0n) is 19.2. The first-order chi connectivity index (χ1) is 16.4. The van der Waals surface area contributed by atoms with Gasteiger partial charge in [-0.15, -0.1) is 0 Å². The molecule has 3 heterocycles. The lowest BCUT2D eigenvalue weighted by atomic mass is 10.1. The van der Waals surface area contributed by atoms with Crippen molar-refractivity contribution >= 4 is 40.2 Å². The molecule has 0 bridgehead atoms. The summed E-state index contributed by atoms with van der Waals surface area (Å²) in [6.07, 6.45) is 5.99. The van der Waals surface area contributed by atoms with E-state index in [1.807, 2.05) is 11.1 Å². The number of likely N-dealkylation sites (tertiary alicyclic amines) is 2. The number of rotatable bonds is 5. The lowest BCUT2D eigenvalue weighted by molar-refractivity contribution is -0.140. The highest BCUT2D eigenvalue weighted by molar-refractivity contribution is 6.00. The third-order valence-corrected chi connectivity index (χ3v) is 6.12. The minimum absolute atomic E-state index is 0.0256. The van der Waals surface area contributed by atoms with Crippen LogP contribution in [-0.4, -0.2) is 65.6 Å². The average molecular weight is 465 g/mol. The van der Waals surface area contributed by atoms with Crippen LogP contribution in [0.5, 0.6) is 0 Å². The van der Waals surface area contributed by atoms with Crippen molar-refractivity contribution in [3.05, 3.63) is 30.0 Å². The average Bonchev–Trinajstić information content (AvgIpc) is 3.46. The summed E-state index contributed by atoms with van der Waals surface area (Å²) >= 11 is 0. The molecular formula is C24H28N6O4. The Morgan fingerprint density at radius 3 is 2.68 bits per heavy atom. The maximum atomic E-state index is 13.2. The molecule has 2 aliphatic heterocycles. The fourth-order valence-electron chi connectivity index (χ4n) is 4.33. The Morgan fingerprint density at radius 2 is 1.94 bits per heavy atom. The van der Waals surface area contributed by atoms with E-state index in [9.17, 15) is 19.6 Å². The predicted octanol–water partition coefficient (Wildman–Crippen LogP) is 2.48. The minimum atomic E-state index is -0.695. The molecule has 0 saturated carbocycles. The van der Waals surface area contributed by atoms with E-state index in [-0.39, 0.29) is 35.9 Å². The molecule has 0 spiro atoms. The molecule has 2 fully saturated rings. The first-order valence-corrected chi connectivity index (χ1v) is 11.6. The van der Waals surface area contributed by atoms with Gasteiger partial charge in [-0.25, -0.2) is 4.99 Å². The molecule has 1 aromatic heterocycles. The van der Waals surface area contributed by atoms with Gasteiger partial charge < -0.3 is 19.5 Å². The Hall–Kier alpha value is -3.87. The summed E-state index contributed by atoms with van der Waals surface area (Å²) in [6, 6.07) is 6.19. The Bertz CT molecular complexity index is 1160. The predicted molar refractivity (Wildman–Crippen MR) is 126 cm³/mol. The normalized spacial score (nSPS) is 19.1. The summed E-state index contributed by atoms with van der Waals surface area (Å²) in [5, 5.41) is 15.5. The molecule has 1 aromatic carbocycles. The summed E-state index contributed by atoms with van der Waals surface area (Å²) in [7, 11) is 0. The van der Waals surface area contributed by atoms with Gasteiger partial charge in [0.15, 0.2) is 17.7 Å². The van der Waals surface area contributed by atoms with Gasteiger partial charge in [-0.3, -0.25) is 19.7 Å². The van der Waals surface area contributed by atoms with Crippen LogP contribution in [0.4, 0.5) is 5.69 Å². The quantitative estimate of drug-likeness (QED) is 0.228. The molecule has 4 rings (SSSR count). The molecule has 2 amide bonds. The number of furan rings is 1. The Morgan fingerprint density at radius 1 is 1.18 bits per heavy atom. The number of Topliss-reactive ketones (excluding diaryl/α,β-unsaturated/α-hetero) is 1. The van der Waals surface area contributed by atoms with Crippen molar-refractivity contribution in [2.24, 2.45) is 4.99 Å². The number of fused-ring (bicyclic) bond motifs is 1. The molecule has 0 aliphatic carbocycles. The highest BCUT2D eigenvalue weighted by atomic mass is 16.3. The molecule has 0 radical (unpaired) electrons. The lowest BCUT2D eigenvalue weighted by Gasteiger charge is -2.25. The van der Waals surface area contributed by atoms with Gasteiger partial charge in [-0.1, -0.05) is 0 Å². The van der Waals surface area contributed by atoms with E-state index >= 15 is 0 Å². The number of anilines is 1. The van der Waals surface area contributed by atoms with Crippen LogP contribution in [0, 0.1) is 11.5 Å². The highest BCUT2D eigenvalue weighted by Crippen LogP contribution is 2.24. The van der Waals surface area contributed by atoms with Crippen molar-refractivity contribution in [3.8, 4) is 6.19 Å². The number of aliphatic imine (C=N–C) groups is 1. The van der Waals surface area contributed by atoms with Gasteiger partial charge in [0.2, 0.25) is 17.8 Å². The largest absolute Gasteiger partial charge is 0.453 e. The molecule has 2 saturated heterocycles. The molecule has 34 heavy (non-hydrogen) atoms. The summed E-state index contributed by atoms with van der Waals surface area (Å²) < 4.78 is 5.51. The molecular weight excluding hydrogens is 436 g/mol. The Labute approximate surface area is 197 Å². The van der Waals surface area contributed by atoms with Crippen LogP contribution in [0.1, 0.15) is 49.6 Å². The number of ketones is 1. The summed E-state index contributed by atoms with van der Waals surface area (Å²) in [5.41, 5.74) is 1.19. The van der Waals surface area contributed by atoms with Crippen LogP contribution in [0.15, 0.2) is 33.7 Å². The zero-order valence-corrected chi connectivity index (χ0v) is 19.2. The van der Waals surface area contributed by atoms with E-state index < -0.39 is 6.04 Å². The van der Waals surface area contributed by atoms with Gasteiger partial charge >= 0.3 is 0 Å². The van der Waals surface area contributed by atoms with Crippen LogP contribution in [0.3, 0.4) is 0 Å². The Balaban J connectivity index is 1.50. The fraction of sp³-hybridized carbons (Fsp3) is 0.458. The number of nitrogens with zero attached hydrogens (tertiary/aromatic N) is 4. The van der Waals surface area contributed by atoms with Gasteiger partial charge in [-0.05, 0) is 56.4 Å². The summed E-state index contributed by atoms with van der Waals surface area (Å²) in [5.74, 6) is 0.00793. The van der Waals surface area contributed by atoms with Gasteiger partial charge in [0.05, 0.1) is 6.54 Å². The smallest absolute Gasteiger partial charge is 0.247 e. The molecule has 1 atom stereocenters. The van der Waals surface area contributed by atoms with E-state index in [1.54, 1.807) is 29.2 Å². The number of nitrogens with one attached hydrogen (secondary N) is 2. The highest BCUT2D eigenvalue weighted by Gasteiger charge is 2.30. The molecule has 2 aromatic rings. The van der Waals surface area contributed by atoms with Crippen molar-refractivity contribution in [3.63, 3.8) is 0 Å². The summed E-state index contributed by atoms with van der Waals surface area (Å²) in [6.45, 7) is 3.52. The second kappa shape index (κ2) is 10.4. The minimum Gasteiger partial charge on any atom is -0.453 e. The number of hydrogen-bond donors (Lipinski definition) is 2. The van der Waals surface area contributed by atoms with Gasteiger partial charge in [0.1, 0.15) is 11.6 Å². The van der Waals surface area contributed by atoms with Crippen molar-refractivity contribution in [1.29, 1.82) is 5.26 Å². The van der Waals surface area contributed by atoms with E-state index in [0.29, 0.717) is 24.2 Å². The lowest BCUT2D eigenvalue weighted by Crippen LogP contribution is -2.45. The van der Waals surface area contributed by atoms with Crippen molar-refractivity contribution in [1.82, 2.24) is 15.1 Å². The summed E-state index contributed by atoms with van der Waals surface area (Å²) in [4.78, 5) is 45.3. The molecule has 178 valence electrons. The van der Waals surface area contributed by atoms with E-state index in [1.165, 1.54) is 6.92 Å². The number of carbonyl (C=O) groups excluding carboxylic acids is 3. The molecule has 10 heteroatoms. The Kier molecular flexibility index (Phi) is 7.11. The third-order valence-electron chi connectivity index (χ3n) is 6.12. The van der Waals surface area contributed by atoms with Crippen LogP contribution in [0.25, 0.3) is 11.0 Å². The number of carbonyl (C=O) groups is 3. The van der Waals surface area contributed by atoms with Crippen LogP contribution < -0.4 is 10.6 Å². The van der Waals surface area contributed by atoms with E-state index in [0.717, 1.165) is 44.2 Å². The van der Waals surface area contributed by atoms with Crippen LogP contribution in [-0.2, 0) is 9.59 Å². The fourth-order valence-corrected chi connectivity index (χ4v) is 4.33. The van der Waals surface area contributed by atoms with Gasteiger partial charge in [0.25, 0.3) is 0 Å². The number of hydrogen-bond acceptors (Lipinski definition) is 6. The molecule has 1 unspecified atom stereocenters. The van der Waals surface area contributed by atoms with Gasteiger partial charge in [0, 0.05) is 37.6 Å². The maximum absolute atomic E-state index is 13.2. The number of amides is 2. The van der Waals surface area contributed by atoms with E-state index in [4.69, 9.17) is 4.42 Å². The SMILES string of the molecule is CC(=O)c1cc2cc(NC(=NC3CCCCN(CC(=O)N4CCCC4)C3=O)NC#N)ccc2o1. The van der Waals surface area contributed by atoms with Crippen LogP contribution in [0.2, 0.25) is 0 Å². The second-order valence-electron chi connectivity index (χ2n) is 8.62. The maximum Gasteiger partial charge on any atom is 0.247 e. The van der Waals surface area contributed by atoms with Crippen molar-refractivity contribution in [2.75, 3.05) is 31.5 Å². The monoisotopic (exact) mass is 464 g/mol. The molecule has 2 N–H and O–H groups in total. The van der Waals surface area contributed by atoms with Gasteiger partial charge in [-0.2, -0.15) is 5.26 Å². The molecule has 10 nitrogen and oxygen atoms in total. The third kappa shape index (κ3) is 5.36. The molecule has 2 aliphatic rings. The number of benzene rings is 1. The zero-order chi connectivity index (χ0) is 24.1. The topological polar surface area (TPSA) is 131 Å². The number of guanidine groups is 1. The second-order valence-corrected chi connectivity index (χ2v) is 8.62.